The van der Waals surface area contributed by atoms with Crippen molar-refractivity contribution in [1.82, 2.24) is 4.90 Å². The molecule has 7 heteroatoms. The molecule has 140 valence electrons. The SMILES string of the molecule is CC[C@@H](C)N(Cc1ccc(OC)c(OS(=O)(=O)CC)c1)C(=O)C1CC1. The van der Waals surface area contributed by atoms with Gasteiger partial charge in [-0.2, -0.15) is 8.42 Å². The number of rotatable bonds is 9. The van der Waals surface area contributed by atoms with Crippen molar-refractivity contribution in [3.63, 3.8) is 0 Å². The molecule has 1 amide bonds. The molecule has 25 heavy (non-hydrogen) atoms. The highest BCUT2D eigenvalue weighted by Crippen LogP contribution is 2.34. The molecule has 6 nitrogen and oxygen atoms in total. The summed E-state index contributed by atoms with van der Waals surface area (Å²) in [5.41, 5.74) is 0.816. The molecule has 0 heterocycles. The molecule has 0 bridgehead atoms. The van der Waals surface area contributed by atoms with Gasteiger partial charge in [-0.3, -0.25) is 4.79 Å². The molecule has 0 aliphatic heterocycles. The third-order valence-electron chi connectivity index (χ3n) is 4.48. The van der Waals surface area contributed by atoms with Crippen LogP contribution < -0.4 is 8.92 Å². The predicted molar refractivity (Wildman–Crippen MR) is 96.1 cm³/mol. The lowest BCUT2D eigenvalue weighted by atomic mass is 10.1. The molecule has 0 spiro atoms. The van der Waals surface area contributed by atoms with Gasteiger partial charge in [-0.25, -0.2) is 0 Å². The highest BCUT2D eigenvalue weighted by molar-refractivity contribution is 7.87. The molecular weight excluding hydrogens is 342 g/mol. The van der Waals surface area contributed by atoms with Crippen LogP contribution in [-0.4, -0.2) is 38.1 Å². The van der Waals surface area contributed by atoms with Crippen LogP contribution in [0.15, 0.2) is 18.2 Å². The van der Waals surface area contributed by atoms with Crippen molar-refractivity contribution in [3.05, 3.63) is 23.8 Å². The number of benzene rings is 1. The second kappa shape index (κ2) is 8.08. The number of hydrogen-bond donors (Lipinski definition) is 0. The van der Waals surface area contributed by atoms with Gasteiger partial charge in [0, 0.05) is 18.5 Å². The van der Waals surface area contributed by atoms with Gasteiger partial charge in [-0.1, -0.05) is 13.0 Å². The normalized spacial score (nSPS) is 15.5. The van der Waals surface area contributed by atoms with Crippen molar-refractivity contribution in [2.24, 2.45) is 5.92 Å². The summed E-state index contributed by atoms with van der Waals surface area (Å²) in [4.78, 5) is 14.4. The maximum absolute atomic E-state index is 12.6. The smallest absolute Gasteiger partial charge is 0.309 e. The van der Waals surface area contributed by atoms with Gasteiger partial charge in [-0.15, -0.1) is 0 Å². The third kappa shape index (κ3) is 5.11. The van der Waals surface area contributed by atoms with Crippen molar-refractivity contribution >= 4 is 16.0 Å². The average molecular weight is 369 g/mol. The Kier molecular flexibility index (Phi) is 6.32. The Morgan fingerprint density at radius 3 is 2.48 bits per heavy atom. The molecule has 0 unspecified atom stereocenters. The number of carbonyl (C=O) groups is 1. The number of methoxy groups -OCH3 is 1. The van der Waals surface area contributed by atoms with Crippen LogP contribution in [0.5, 0.6) is 11.5 Å². The predicted octanol–water partition coefficient (Wildman–Crippen LogP) is 2.96. The molecule has 1 fully saturated rings. The van der Waals surface area contributed by atoms with E-state index in [4.69, 9.17) is 8.92 Å². The fraction of sp³-hybridized carbons (Fsp3) is 0.611. The van der Waals surface area contributed by atoms with Crippen molar-refractivity contribution in [1.29, 1.82) is 0 Å². The Balaban J connectivity index is 2.26. The highest BCUT2D eigenvalue weighted by atomic mass is 32.2. The summed E-state index contributed by atoms with van der Waals surface area (Å²) in [6, 6.07) is 5.27. The van der Waals surface area contributed by atoms with Crippen molar-refractivity contribution in [2.75, 3.05) is 12.9 Å². The van der Waals surface area contributed by atoms with Crippen LogP contribution in [0.2, 0.25) is 0 Å². The van der Waals surface area contributed by atoms with Gasteiger partial charge in [0.05, 0.1) is 12.9 Å². The van der Waals surface area contributed by atoms with Crippen LogP contribution in [0.25, 0.3) is 0 Å². The molecule has 2 rings (SSSR count). The largest absolute Gasteiger partial charge is 0.493 e. The van der Waals surface area contributed by atoms with Gasteiger partial charge in [0.1, 0.15) is 0 Å². The standard InChI is InChI=1S/C18H27NO5S/c1-5-13(3)19(18(20)15-8-9-15)12-14-7-10-16(23-4)17(11-14)24-25(21,22)6-2/h7,10-11,13,15H,5-6,8-9,12H2,1-4H3/t13-/m1/s1. The molecule has 0 radical (unpaired) electrons. The van der Waals surface area contributed by atoms with E-state index >= 15 is 0 Å². The van der Waals surface area contributed by atoms with Crippen molar-refractivity contribution in [2.45, 2.75) is 52.6 Å². The molecule has 1 atom stereocenters. The van der Waals surface area contributed by atoms with Crippen molar-refractivity contribution < 1.29 is 22.1 Å². The summed E-state index contributed by atoms with van der Waals surface area (Å²) in [5, 5.41) is 0. The maximum Gasteiger partial charge on any atom is 0.309 e. The molecule has 0 N–H and O–H groups in total. The van der Waals surface area contributed by atoms with Crippen LogP contribution in [0, 0.1) is 5.92 Å². The zero-order chi connectivity index (χ0) is 18.6. The van der Waals surface area contributed by atoms with Gasteiger partial charge >= 0.3 is 10.1 Å². The van der Waals surface area contributed by atoms with E-state index in [9.17, 15) is 13.2 Å². The first kappa shape index (κ1) is 19.6. The quantitative estimate of drug-likeness (QED) is 0.626. The first-order chi connectivity index (χ1) is 11.8. The second-order valence-corrected chi connectivity index (χ2v) is 8.27. The van der Waals surface area contributed by atoms with Crippen LogP contribution in [0.1, 0.15) is 45.6 Å². The summed E-state index contributed by atoms with van der Waals surface area (Å²) in [7, 11) is -2.19. The van der Waals surface area contributed by atoms with Crippen LogP contribution in [0.3, 0.4) is 0 Å². The number of nitrogens with zero attached hydrogens (tertiary/aromatic N) is 1. The van der Waals surface area contributed by atoms with Crippen LogP contribution >= 0.6 is 0 Å². The van der Waals surface area contributed by atoms with Gasteiger partial charge in [-0.05, 0) is 50.8 Å². The number of ether oxygens (including phenoxy) is 1. The lowest BCUT2D eigenvalue weighted by molar-refractivity contribution is -0.135. The molecule has 1 aromatic rings. The monoisotopic (exact) mass is 369 g/mol. The Labute approximate surface area is 150 Å². The van der Waals surface area contributed by atoms with E-state index in [0.29, 0.717) is 12.3 Å². The Morgan fingerprint density at radius 2 is 1.96 bits per heavy atom. The Morgan fingerprint density at radius 1 is 1.28 bits per heavy atom. The van der Waals surface area contributed by atoms with E-state index < -0.39 is 10.1 Å². The number of amides is 1. The second-order valence-electron chi connectivity index (χ2n) is 6.41. The summed E-state index contributed by atoms with van der Waals surface area (Å²) in [6.07, 6.45) is 2.77. The molecule has 0 saturated heterocycles. The fourth-order valence-electron chi connectivity index (χ4n) is 2.51. The molecule has 1 aromatic carbocycles. The summed E-state index contributed by atoms with van der Waals surface area (Å²) < 4.78 is 33.9. The summed E-state index contributed by atoms with van der Waals surface area (Å²) >= 11 is 0. The van der Waals surface area contributed by atoms with Gasteiger partial charge in [0.2, 0.25) is 5.91 Å². The van der Waals surface area contributed by atoms with Gasteiger partial charge < -0.3 is 13.8 Å². The molecular formula is C18H27NO5S. The van der Waals surface area contributed by atoms with Gasteiger partial charge in [0.25, 0.3) is 0 Å². The van der Waals surface area contributed by atoms with Gasteiger partial charge in [0.15, 0.2) is 11.5 Å². The first-order valence-corrected chi connectivity index (χ1v) is 10.3. The number of hydrogen-bond acceptors (Lipinski definition) is 5. The van der Waals surface area contributed by atoms with Crippen LogP contribution in [-0.2, 0) is 21.5 Å². The van der Waals surface area contributed by atoms with E-state index in [-0.39, 0.29) is 29.4 Å². The fourth-order valence-corrected chi connectivity index (χ4v) is 3.03. The minimum atomic E-state index is -3.65. The molecule has 1 aliphatic carbocycles. The lowest BCUT2D eigenvalue weighted by Gasteiger charge is -2.29. The highest BCUT2D eigenvalue weighted by Gasteiger charge is 2.35. The summed E-state index contributed by atoms with van der Waals surface area (Å²) in [6.45, 7) is 6.03. The summed E-state index contributed by atoms with van der Waals surface area (Å²) in [5.74, 6) is 0.700. The molecule has 1 saturated carbocycles. The molecule has 1 aliphatic rings. The van der Waals surface area contributed by atoms with E-state index in [0.717, 1.165) is 24.8 Å². The van der Waals surface area contributed by atoms with E-state index in [1.807, 2.05) is 24.8 Å². The minimum absolute atomic E-state index is 0.124. The Bertz CT molecular complexity index is 712. The third-order valence-corrected chi connectivity index (χ3v) is 5.62. The topological polar surface area (TPSA) is 72.9 Å². The minimum Gasteiger partial charge on any atom is -0.493 e. The zero-order valence-corrected chi connectivity index (χ0v) is 16.1. The average Bonchev–Trinajstić information content (AvgIpc) is 3.43. The lowest BCUT2D eigenvalue weighted by Crippen LogP contribution is -2.38. The van der Waals surface area contributed by atoms with Crippen molar-refractivity contribution in [3.8, 4) is 11.5 Å². The zero-order valence-electron chi connectivity index (χ0n) is 15.3. The van der Waals surface area contributed by atoms with E-state index in [1.54, 1.807) is 12.1 Å². The first-order valence-electron chi connectivity index (χ1n) is 8.70. The van der Waals surface area contributed by atoms with E-state index in [2.05, 4.69) is 0 Å². The Hall–Kier alpha value is -1.76. The van der Waals surface area contributed by atoms with Crippen LogP contribution in [0.4, 0.5) is 0 Å². The van der Waals surface area contributed by atoms with E-state index in [1.165, 1.54) is 14.0 Å². The molecule has 0 aromatic heterocycles. The maximum atomic E-state index is 12.6. The number of carbonyl (C=O) groups excluding carboxylic acids is 1.